The summed E-state index contributed by atoms with van der Waals surface area (Å²) in [6.45, 7) is 0. The molecule has 0 saturated heterocycles. The van der Waals surface area contributed by atoms with Crippen LogP contribution in [0.15, 0.2) is 36.7 Å². The van der Waals surface area contributed by atoms with Crippen molar-refractivity contribution in [2.24, 2.45) is 0 Å². The first kappa shape index (κ1) is 11.1. The third kappa shape index (κ3) is 2.60. The number of anilines is 1. The maximum absolute atomic E-state index is 5.63. The molecular weight excluding hydrogens is 317 g/mol. The van der Waals surface area contributed by atoms with E-state index in [9.17, 15) is 0 Å². The van der Waals surface area contributed by atoms with Crippen LogP contribution >= 0.6 is 22.6 Å². The minimum Gasteiger partial charge on any atom is -0.436 e. The normalized spacial score (nSPS) is 9.88. The highest BCUT2D eigenvalue weighted by Gasteiger charge is 2.03. The van der Waals surface area contributed by atoms with Gasteiger partial charge in [0.2, 0.25) is 5.88 Å². The molecule has 2 rings (SSSR count). The molecule has 1 aromatic carbocycles. The summed E-state index contributed by atoms with van der Waals surface area (Å²) in [5.74, 6) is 1.95. The second-order valence-corrected chi connectivity index (χ2v) is 4.19. The van der Waals surface area contributed by atoms with Gasteiger partial charge >= 0.3 is 0 Å². The molecule has 0 fully saturated rings. The monoisotopic (exact) mass is 327 g/mol. The van der Waals surface area contributed by atoms with Gasteiger partial charge in [-0.25, -0.2) is 0 Å². The van der Waals surface area contributed by atoms with Crippen LogP contribution in [-0.4, -0.2) is 17.0 Å². The van der Waals surface area contributed by atoms with Crippen LogP contribution < -0.4 is 10.1 Å². The van der Waals surface area contributed by atoms with Crippen LogP contribution in [0.3, 0.4) is 0 Å². The topological polar surface area (TPSA) is 47.0 Å². The van der Waals surface area contributed by atoms with E-state index >= 15 is 0 Å². The van der Waals surface area contributed by atoms with Crippen molar-refractivity contribution in [2.45, 2.75) is 0 Å². The average molecular weight is 327 g/mol. The standard InChI is InChI=1S/C11H10IN3O/c1-13-10-6-14-7-11(15-10)16-9-5-3-2-4-8(9)12/h2-7H,1H3,(H,13,15). The molecule has 0 amide bonds. The van der Waals surface area contributed by atoms with Crippen LogP contribution in [0.1, 0.15) is 0 Å². The third-order valence-electron chi connectivity index (χ3n) is 1.92. The van der Waals surface area contributed by atoms with Gasteiger partial charge < -0.3 is 10.1 Å². The second-order valence-electron chi connectivity index (χ2n) is 3.03. The van der Waals surface area contributed by atoms with Gasteiger partial charge in [0, 0.05) is 7.05 Å². The van der Waals surface area contributed by atoms with Gasteiger partial charge in [-0.3, -0.25) is 4.98 Å². The van der Waals surface area contributed by atoms with Crippen molar-refractivity contribution in [3.05, 3.63) is 40.2 Å². The van der Waals surface area contributed by atoms with E-state index in [0.29, 0.717) is 11.7 Å². The second kappa shape index (κ2) is 5.11. The molecule has 16 heavy (non-hydrogen) atoms. The first-order chi connectivity index (χ1) is 7.79. The Hall–Kier alpha value is -1.37. The average Bonchev–Trinajstić information content (AvgIpc) is 2.32. The van der Waals surface area contributed by atoms with E-state index in [1.807, 2.05) is 24.3 Å². The Labute approximate surface area is 107 Å². The van der Waals surface area contributed by atoms with E-state index in [-0.39, 0.29) is 0 Å². The molecule has 0 saturated carbocycles. The molecule has 0 radical (unpaired) electrons. The minimum atomic E-state index is 0.482. The number of ether oxygens (including phenoxy) is 1. The fraction of sp³-hybridized carbons (Fsp3) is 0.0909. The van der Waals surface area contributed by atoms with Crippen molar-refractivity contribution in [1.82, 2.24) is 9.97 Å². The SMILES string of the molecule is CNc1cncc(Oc2ccccc2I)n1. The van der Waals surface area contributed by atoms with Gasteiger partial charge in [-0.1, -0.05) is 12.1 Å². The Balaban J connectivity index is 2.24. The number of nitrogens with one attached hydrogen (secondary N) is 1. The van der Waals surface area contributed by atoms with E-state index in [1.54, 1.807) is 19.4 Å². The molecule has 82 valence electrons. The predicted molar refractivity (Wildman–Crippen MR) is 70.8 cm³/mol. The molecule has 0 bridgehead atoms. The Kier molecular flexibility index (Phi) is 3.55. The Bertz CT molecular complexity index is 490. The smallest absolute Gasteiger partial charge is 0.239 e. The van der Waals surface area contributed by atoms with E-state index in [2.05, 4.69) is 37.9 Å². The van der Waals surface area contributed by atoms with Crippen molar-refractivity contribution in [2.75, 3.05) is 12.4 Å². The number of halogens is 1. The lowest BCUT2D eigenvalue weighted by Crippen LogP contribution is -1.96. The fourth-order valence-electron chi connectivity index (χ4n) is 1.16. The number of para-hydroxylation sites is 1. The van der Waals surface area contributed by atoms with E-state index in [4.69, 9.17) is 4.74 Å². The van der Waals surface area contributed by atoms with Gasteiger partial charge in [-0.05, 0) is 34.7 Å². The number of hydrogen-bond acceptors (Lipinski definition) is 4. The van der Waals surface area contributed by atoms with Gasteiger partial charge in [-0.2, -0.15) is 4.98 Å². The summed E-state index contributed by atoms with van der Waals surface area (Å²) in [5.41, 5.74) is 0. The lowest BCUT2D eigenvalue weighted by molar-refractivity contribution is 0.458. The molecule has 0 aliphatic rings. The maximum atomic E-state index is 5.63. The maximum Gasteiger partial charge on any atom is 0.239 e. The molecule has 5 heteroatoms. The van der Waals surface area contributed by atoms with Crippen LogP contribution in [0, 0.1) is 3.57 Å². The highest BCUT2D eigenvalue weighted by atomic mass is 127. The molecule has 0 spiro atoms. The molecule has 0 aliphatic heterocycles. The van der Waals surface area contributed by atoms with Crippen LogP contribution in [0.5, 0.6) is 11.6 Å². The molecule has 0 aliphatic carbocycles. The first-order valence-corrected chi connectivity index (χ1v) is 5.79. The van der Waals surface area contributed by atoms with Crippen LogP contribution in [0.25, 0.3) is 0 Å². The third-order valence-corrected chi connectivity index (χ3v) is 2.81. The van der Waals surface area contributed by atoms with Gasteiger partial charge in [0.15, 0.2) is 0 Å². The molecule has 0 atom stereocenters. The zero-order chi connectivity index (χ0) is 11.4. The molecule has 0 unspecified atom stereocenters. The van der Waals surface area contributed by atoms with Crippen molar-refractivity contribution < 1.29 is 4.74 Å². The van der Waals surface area contributed by atoms with Gasteiger partial charge in [-0.15, -0.1) is 0 Å². The number of aromatic nitrogens is 2. The Morgan fingerprint density at radius 2 is 2.06 bits per heavy atom. The molecule has 1 N–H and O–H groups in total. The Morgan fingerprint density at radius 1 is 1.25 bits per heavy atom. The minimum absolute atomic E-state index is 0.482. The van der Waals surface area contributed by atoms with Crippen molar-refractivity contribution in [1.29, 1.82) is 0 Å². The quantitative estimate of drug-likeness (QED) is 0.881. The predicted octanol–water partition coefficient (Wildman–Crippen LogP) is 2.92. The highest BCUT2D eigenvalue weighted by Crippen LogP contribution is 2.24. The Morgan fingerprint density at radius 3 is 2.81 bits per heavy atom. The molecule has 4 nitrogen and oxygen atoms in total. The van der Waals surface area contributed by atoms with Crippen molar-refractivity contribution >= 4 is 28.4 Å². The van der Waals surface area contributed by atoms with Crippen molar-refractivity contribution in [3.8, 4) is 11.6 Å². The van der Waals surface area contributed by atoms with E-state index in [0.717, 1.165) is 9.32 Å². The first-order valence-electron chi connectivity index (χ1n) is 4.72. The summed E-state index contributed by atoms with van der Waals surface area (Å²) in [4.78, 5) is 8.26. The fourth-order valence-corrected chi connectivity index (χ4v) is 1.66. The van der Waals surface area contributed by atoms with Crippen molar-refractivity contribution in [3.63, 3.8) is 0 Å². The zero-order valence-electron chi connectivity index (χ0n) is 8.64. The van der Waals surface area contributed by atoms with E-state index in [1.165, 1.54) is 0 Å². The molecule has 2 aromatic rings. The van der Waals surface area contributed by atoms with Gasteiger partial charge in [0.1, 0.15) is 11.6 Å². The number of nitrogens with zero attached hydrogens (tertiary/aromatic N) is 2. The molecular formula is C11H10IN3O. The summed E-state index contributed by atoms with van der Waals surface area (Å²) in [5, 5.41) is 2.91. The van der Waals surface area contributed by atoms with Gasteiger partial charge in [0.25, 0.3) is 0 Å². The summed E-state index contributed by atoms with van der Waals surface area (Å²) < 4.78 is 6.67. The number of benzene rings is 1. The summed E-state index contributed by atoms with van der Waals surface area (Å²) in [6, 6.07) is 7.76. The zero-order valence-corrected chi connectivity index (χ0v) is 10.8. The highest BCUT2D eigenvalue weighted by molar-refractivity contribution is 14.1. The van der Waals surface area contributed by atoms with Crippen LogP contribution in [0.2, 0.25) is 0 Å². The van der Waals surface area contributed by atoms with Gasteiger partial charge in [0.05, 0.1) is 16.0 Å². The largest absolute Gasteiger partial charge is 0.436 e. The summed E-state index contributed by atoms with van der Waals surface area (Å²) in [6.07, 6.45) is 3.23. The van der Waals surface area contributed by atoms with Crippen LogP contribution in [0.4, 0.5) is 5.82 Å². The number of rotatable bonds is 3. The molecule has 1 heterocycles. The number of hydrogen-bond donors (Lipinski definition) is 1. The van der Waals surface area contributed by atoms with E-state index < -0.39 is 0 Å². The van der Waals surface area contributed by atoms with Crippen LogP contribution in [-0.2, 0) is 0 Å². The summed E-state index contributed by atoms with van der Waals surface area (Å²) >= 11 is 2.22. The lowest BCUT2D eigenvalue weighted by atomic mass is 10.3. The molecule has 1 aromatic heterocycles. The lowest BCUT2D eigenvalue weighted by Gasteiger charge is -2.06. The summed E-state index contributed by atoms with van der Waals surface area (Å²) in [7, 11) is 1.79.